The first-order chi connectivity index (χ1) is 14.4. The number of nitro benzene ring substituents is 2. The maximum absolute atomic E-state index is 10.8. The molecular formula is C20H17N5O5. The van der Waals surface area contributed by atoms with Crippen molar-refractivity contribution in [2.45, 2.75) is 13.3 Å². The van der Waals surface area contributed by atoms with Gasteiger partial charge in [0, 0.05) is 12.1 Å². The molecule has 30 heavy (non-hydrogen) atoms. The molecule has 0 fully saturated rings. The fourth-order valence-electron chi connectivity index (χ4n) is 2.76. The van der Waals surface area contributed by atoms with Crippen molar-refractivity contribution in [1.82, 2.24) is 15.2 Å². The van der Waals surface area contributed by atoms with E-state index in [4.69, 9.17) is 5.21 Å². The Labute approximate surface area is 170 Å². The van der Waals surface area contributed by atoms with Gasteiger partial charge in [-0.15, -0.1) is 5.10 Å². The van der Waals surface area contributed by atoms with Crippen molar-refractivity contribution < 1.29 is 15.1 Å². The van der Waals surface area contributed by atoms with E-state index in [0.29, 0.717) is 22.2 Å². The van der Waals surface area contributed by atoms with Crippen LogP contribution in [0.25, 0.3) is 22.2 Å². The Bertz CT molecular complexity index is 1170. The second-order valence-corrected chi connectivity index (χ2v) is 6.27. The van der Waals surface area contributed by atoms with Crippen molar-refractivity contribution in [2.24, 2.45) is 0 Å². The van der Waals surface area contributed by atoms with Gasteiger partial charge < -0.3 is 5.21 Å². The number of nitro groups is 2. The zero-order valence-electron chi connectivity index (χ0n) is 15.9. The molecule has 152 valence electrons. The zero-order chi connectivity index (χ0) is 21.7. The van der Waals surface area contributed by atoms with E-state index >= 15 is 0 Å². The van der Waals surface area contributed by atoms with Gasteiger partial charge in [-0.3, -0.25) is 20.2 Å². The summed E-state index contributed by atoms with van der Waals surface area (Å²) in [4.78, 5) is 21.2. The van der Waals surface area contributed by atoms with E-state index in [2.05, 4.69) is 10.3 Å². The molecule has 10 heteroatoms. The molecule has 0 amide bonds. The van der Waals surface area contributed by atoms with Gasteiger partial charge in [0.2, 0.25) is 0 Å². The molecule has 1 heterocycles. The molecule has 4 aromatic rings. The molecule has 4 rings (SSSR count). The minimum absolute atomic E-state index is 0.284. The summed E-state index contributed by atoms with van der Waals surface area (Å²) in [5.41, 5.74) is 3.08. The summed E-state index contributed by atoms with van der Waals surface area (Å²) in [5.74, 6) is 0. The molecule has 0 atom stereocenters. The fraction of sp³-hybridized carbons (Fsp3) is 0.100. The lowest BCUT2D eigenvalue weighted by Crippen LogP contribution is -1.94. The Morgan fingerprint density at radius 3 is 2.03 bits per heavy atom. The number of rotatable bonds is 4. The lowest BCUT2D eigenvalue weighted by molar-refractivity contribution is -0.394. The van der Waals surface area contributed by atoms with Crippen LogP contribution in [-0.4, -0.2) is 30.2 Å². The molecule has 1 aromatic heterocycles. The largest absolute Gasteiger partial charge is 0.410 e. The molecule has 0 bridgehead atoms. The number of hydrogen-bond acceptors (Lipinski definition) is 7. The molecule has 0 spiro atoms. The summed E-state index contributed by atoms with van der Waals surface area (Å²) in [5, 5.41) is 37.7. The van der Waals surface area contributed by atoms with Crippen LogP contribution in [0.5, 0.6) is 0 Å². The SMILES string of the molecule is CCc1ccc(-c2cc([N+](=O)[O-])cc([N+](=O)[O-])c2)cc1.On1nnc2ccccc21. The van der Waals surface area contributed by atoms with Crippen molar-refractivity contribution >= 4 is 22.4 Å². The minimum atomic E-state index is -0.628. The average Bonchev–Trinajstić information content (AvgIpc) is 3.15. The third-order valence-corrected chi connectivity index (χ3v) is 4.35. The topological polar surface area (TPSA) is 137 Å². The molecule has 0 aliphatic heterocycles. The van der Waals surface area contributed by atoms with Crippen molar-refractivity contribution in [3.05, 3.63) is 92.5 Å². The molecule has 10 nitrogen and oxygen atoms in total. The van der Waals surface area contributed by atoms with Gasteiger partial charge in [0.15, 0.2) is 0 Å². The third-order valence-electron chi connectivity index (χ3n) is 4.35. The van der Waals surface area contributed by atoms with E-state index in [1.165, 1.54) is 12.1 Å². The first-order valence-corrected chi connectivity index (χ1v) is 8.92. The summed E-state index contributed by atoms with van der Waals surface area (Å²) in [6, 6.07) is 18.3. The lowest BCUT2D eigenvalue weighted by Gasteiger charge is -2.03. The van der Waals surface area contributed by atoms with Gasteiger partial charge in [-0.05, 0) is 40.5 Å². The number of hydrogen-bond donors (Lipinski definition) is 1. The number of benzene rings is 3. The van der Waals surface area contributed by atoms with Crippen molar-refractivity contribution in [3.8, 4) is 11.1 Å². The van der Waals surface area contributed by atoms with E-state index in [1.807, 2.05) is 43.3 Å². The van der Waals surface area contributed by atoms with Gasteiger partial charge in [-0.1, -0.05) is 48.2 Å². The molecule has 3 aromatic carbocycles. The average molecular weight is 407 g/mol. The molecule has 0 unspecified atom stereocenters. The van der Waals surface area contributed by atoms with E-state index in [1.54, 1.807) is 12.1 Å². The van der Waals surface area contributed by atoms with Crippen molar-refractivity contribution in [1.29, 1.82) is 0 Å². The van der Waals surface area contributed by atoms with Crippen molar-refractivity contribution in [3.63, 3.8) is 0 Å². The summed E-state index contributed by atoms with van der Waals surface area (Å²) >= 11 is 0. The first kappa shape index (κ1) is 20.4. The number of nitrogens with zero attached hydrogens (tertiary/aromatic N) is 5. The minimum Gasteiger partial charge on any atom is -0.410 e. The number of fused-ring (bicyclic) bond motifs is 1. The van der Waals surface area contributed by atoms with Gasteiger partial charge in [-0.25, -0.2) is 0 Å². The molecule has 0 radical (unpaired) electrons. The highest BCUT2D eigenvalue weighted by molar-refractivity contribution is 5.73. The van der Waals surface area contributed by atoms with E-state index in [9.17, 15) is 20.2 Å². The number of aromatic nitrogens is 3. The smallest absolute Gasteiger partial charge is 0.276 e. The number of non-ortho nitro benzene ring substituents is 2. The molecular weight excluding hydrogens is 390 g/mol. The molecule has 0 aliphatic rings. The van der Waals surface area contributed by atoms with Crippen LogP contribution in [0.1, 0.15) is 12.5 Å². The molecule has 0 saturated carbocycles. The highest BCUT2D eigenvalue weighted by Gasteiger charge is 2.17. The lowest BCUT2D eigenvalue weighted by atomic mass is 10.0. The van der Waals surface area contributed by atoms with Crippen LogP contribution in [0.4, 0.5) is 11.4 Å². The molecule has 1 N–H and O–H groups in total. The van der Waals surface area contributed by atoms with Crippen LogP contribution in [0, 0.1) is 20.2 Å². The summed E-state index contributed by atoms with van der Waals surface area (Å²) in [7, 11) is 0. The van der Waals surface area contributed by atoms with Crippen LogP contribution in [0.3, 0.4) is 0 Å². The second-order valence-electron chi connectivity index (χ2n) is 6.27. The second kappa shape index (κ2) is 8.78. The monoisotopic (exact) mass is 407 g/mol. The van der Waals surface area contributed by atoms with Crippen LogP contribution < -0.4 is 0 Å². The van der Waals surface area contributed by atoms with Crippen LogP contribution in [0.2, 0.25) is 0 Å². The Kier molecular flexibility index (Phi) is 5.97. The standard InChI is InChI=1S/C14H12N2O4.C6H5N3O/c1-2-10-3-5-11(6-4-10)12-7-13(15(17)18)9-14(8-12)16(19)20;10-9-6-4-2-1-3-5(6)7-8-9/h3-9H,2H2,1H3;1-4,10H. The summed E-state index contributed by atoms with van der Waals surface area (Å²) in [6.45, 7) is 2.02. The van der Waals surface area contributed by atoms with Gasteiger partial charge in [0.25, 0.3) is 11.4 Å². The normalized spacial score (nSPS) is 10.3. The van der Waals surface area contributed by atoms with Gasteiger partial charge in [0.05, 0.1) is 15.9 Å². The zero-order valence-corrected chi connectivity index (χ0v) is 15.9. The Morgan fingerprint density at radius 2 is 1.50 bits per heavy atom. The maximum atomic E-state index is 10.8. The predicted molar refractivity (Wildman–Crippen MR) is 109 cm³/mol. The molecule has 0 aliphatic carbocycles. The van der Waals surface area contributed by atoms with Crippen molar-refractivity contribution in [2.75, 3.05) is 0 Å². The highest BCUT2D eigenvalue weighted by Crippen LogP contribution is 2.29. The van der Waals surface area contributed by atoms with Gasteiger partial charge in [-0.2, -0.15) is 0 Å². The Balaban J connectivity index is 0.000000212. The quantitative estimate of drug-likeness (QED) is 0.300. The van der Waals surface area contributed by atoms with E-state index in [0.717, 1.165) is 22.9 Å². The van der Waals surface area contributed by atoms with Crippen LogP contribution >= 0.6 is 0 Å². The van der Waals surface area contributed by atoms with Gasteiger partial charge in [0.1, 0.15) is 11.0 Å². The van der Waals surface area contributed by atoms with Crippen LogP contribution in [0.15, 0.2) is 66.7 Å². The fourth-order valence-corrected chi connectivity index (χ4v) is 2.76. The van der Waals surface area contributed by atoms with Gasteiger partial charge >= 0.3 is 0 Å². The van der Waals surface area contributed by atoms with E-state index in [-0.39, 0.29) is 11.4 Å². The first-order valence-electron chi connectivity index (χ1n) is 8.92. The predicted octanol–water partition coefficient (Wildman–Crippen LogP) is 4.40. The Morgan fingerprint density at radius 1 is 0.900 bits per heavy atom. The Hall–Kier alpha value is -4.34. The van der Waals surface area contributed by atoms with Crippen LogP contribution in [-0.2, 0) is 6.42 Å². The number of aryl methyl sites for hydroxylation is 1. The maximum Gasteiger partial charge on any atom is 0.276 e. The third kappa shape index (κ3) is 4.55. The summed E-state index contributed by atoms with van der Waals surface area (Å²) in [6.07, 6.45) is 0.884. The highest BCUT2D eigenvalue weighted by atomic mass is 16.6. The summed E-state index contributed by atoms with van der Waals surface area (Å²) < 4.78 is 0. The number of para-hydroxylation sites is 1. The van der Waals surface area contributed by atoms with E-state index < -0.39 is 9.85 Å². The molecule has 0 saturated heterocycles.